The second-order valence-electron chi connectivity index (χ2n) is 6.85. The highest BCUT2D eigenvalue weighted by Gasteiger charge is 2.34. The summed E-state index contributed by atoms with van der Waals surface area (Å²) < 4.78 is 5.36. The van der Waals surface area contributed by atoms with Gasteiger partial charge in [-0.2, -0.15) is 0 Å². The van der Waals surface area contributed by atoms with Crippen molar-refractivity contribution in [2.45, 2.75) is 51.7 Å². The van der Waals surface area contributed by atoms with E-state index in [0.717, 1.165) is 12.8 Å². The van der Waals surface area contributed by atoms with Crippen molar-refractivity contribution in [3.05, 3.63) is 0 Å². The van der Waals surface area contributed by atoms with Crippen molar-refractivity contribution in [1.29, 1.82) is 0 Å². The first kappa shape index (κ1) is 16.6. The van der Waals surface area contributed by atoms with Crippen LogP contribution in [0.3, 0.4) is 0 Å². The van der Waals surface area contributed by atoms with Crippen LogP contribution in [0, 0.1) is 0 Å². The minimum Gasteiger partial charge on any atom is -0.444 e. The summed E-state index contributed by atoms with van der Waals surface area (Å²) in [5.74, 6) is 0. The van der Waals surface area contributed by atoms with Crippen molar-refractivity contribution in [3.8, 4) is 0 Å². The van der Waals surface area contributed by atoms with Crippen LogP contribution in [0.15, 0.2) is 0 Å². The molecular formula is C14H27N3O3. The summed E-state index contributed by atoms with van der Waals surface area (Å²) in [6, 6.07) is -0.0989. The molecule has 20 heavy (non-hydrogen) atoms. The third-order valence-electron chi connectivity index (χ3n) is 3.33. The number of carbonyl (C=O) groups excluding carboxylic acids is 2. The minimum absolute atomic E-state index is 0.0989. The van der Waals surface area contributed by atoms with Gasteiger partial charge >= 0.3 is 12.1 Å². The van der Waals surface area contributed by atoms with E-state index < -0.39 is 5.60 Å². The molecule has 1 N–H and O–H groups in total. The molecule has 6 heteroatoms. The maximum absolute atomic E-state index is 12.0. The van der Waals surface area contributed by atoms with Crippen molar-refractivity contribution in [3.63, 3.8) is 0 Å². The van der Waals surface area contributed by atoms with E-state index in [9.17, 15) is 9.59 Å². The molecule has 1 fully saturated rings. The van der Waals surface area contributed by atoms with Crippen molar-refractivity contribution in [1.82, 2.24) is 15.1 Å². The Bertz CT molecular complexity index is 366. The second-order valence-corrected chi connectivity index (χ2v) is 6.85. The fourth-order valence-electron chi connectivity index (χ4n) is 2.00. The van der Waals surface area contributed by atoms with Crippen LogP contribution in [-0.2, 0) is 4.74 Å². The van der Waals surface area contributed by atoms with Crippen molar-refractivity contribution >= 4 is 12.1 Å². The molecule has 116 valence electrons. The molecule has 0 spiro atoms. The van der Waals surface area contributed by atoms with Gasteiger partial charge in [-0.1, -0.05) is 0 Å². The molecule has 0 radical (unpaired) electrons. The molecule has 0 unspecified atom stereocenters. The number of likely N-dealkylation sites (tertiary alicyclic amines) is 1. The Labute approximate surface area is 121 Å². The molecule has 0 aromatic rings. The minimum atomic E-state index is -0.475. The number of piperidine rings is 1. The molecular weight excluding hydrogens is 258 g/mol. The van der Waals surface area contributed by atoms with E-state index in [1.165, 1.54) is 4.90 Å². The Balaban J connectivity index is 2.50. The number of amides is 3. The zero-order valence-corrected chi connectivity index (χ0v) is 13.4. The summed E-state index contributed by atoms with van der Waals surface area (Å²) in [6.07, 6.45) is 1.18. The largest absolute Gasteiger partial charge is 0.444 e. The predicted molar refractivity (Wildman–Crippen MR) is 77.7 cm³/mol. The summed E-state index contributed by atoms with van der Waals surface area (Å²) in [5.41, 5.74) is -0.739. The lowest BCUT2D eigenvalue weighted by molar-refractivity contribution is 0.0163. The van der Waals surface area contributed by atoms with Crippen molar-refractivity contribution in [2.75, 3.05) is 27.2 Å². The van der Waals surface area contributed by atoms with E-state index in [4.69, 9.17) is 4.74 Å². The summed E-state index contributed by atoms with van der Waals surface area (Å²) >= 11 is 0. The van der Waals surface area contributed by atoms with Crippen molar-refractivity contribution in [2.24, 2.45) is 0 Å². The molecule has 0 aromatic heterocycles. The van der Waals surface area contributed by atoms with Crippen LogP contribution >= 0.6 is 0 Å². The van der Waals surface area contributed by atoms with Gasteiger partial charge in [0.1, 0.15) is 5.60 Å². The topological polar surface area (TPSA) is 61.9 Å². The van der Waals surface area contributed by atoms with Gasteiger partial charge in [0.05, 0.1) is 0 Å². The highest BCUT2D eigenvalue weighted by Crippen LogP contribution is 2.23. The predicted octanol–water partition coefficient (Wildman–Crippen LogP) is 2.05. The van der Waals surface area contributed by atoms with E-state index in [1.54, 1.807) is 19.0 Å². The summed E-state index contributed by atoms with van der Waals surface area (Å²) in [5, 5.41) is 3.01. The lowest BCUT2D eigenvalue weighted by Crippen LogP contribution is -2.56. The van der Waals surface area contributed by atoms with Crippen LogP contribution in [-0.4, -0.2) is 60.2 Å². The Kier molecular flexibility index (Phi) is 4.89. The Hall–Kier alpha value is -1.46. The van der Waals surface area contributed by atoms with E-state index >= 15 is 0 Å². The van der Waals surface area contributed by atoms with E-state index in [0.29, 0.717) is 13.1 Å². The Morgan fingerprint density at radius 2 is 1.70 bits per heavy atom. The van der Waals surface area contributed by atoms with Crippen LogP contribution < -0.4 is 5.32 Å². The quantitative estimate of drug-likeness (QED) is 0.802. The van der Waals surface area contributed by atoms with Gasteiger partial charge in [-0.05, 0) is 40.5 Å². The SMILES string of the molecule is CN(C)C(=O)NC1(C)CCN(C(=O)OC(C)(C)C)CC1. The average molecular weight is 285 g/mol. The van der Waals surface area contributed by atoms with Gasteiger partial charge in [0.25, 0.3) is 0 Å². The molecule has 1 rings (SSSR count). The molecule has 0 aliphatic carbocycles. The fraction of sp³-hybridized carbons (Fsp3) is 0.857. The number of hydrogen-bond acceptors (Lipinski definition) is 3. The summed E-state index contributed by atoms with van der Waals surface area (Å²) in [6.45, 7) is 8.78. The van der Waals surface area contributed by atoms with Crippen LogP contribution in [0.2, 0.25) is 0 Å². The third kappa shape index (κ3) is 4.90. The number of ether oxygens (including phenoxy) is 1. The van der Waals surface area contributed by atoms with E-state index in [-0.39, 0.29) is 17.7 Å². The zero-order valence-electron chi connectivity index (χ0n) is 13.4. The molecule has 1 aliphatic rings. The highest BCUT2D eigenvalue weighted by atomic mass is 16.6. The standard InChI is InChI=1S/C14H27N3O3/c1-13(2,3)20-12(19)17-9-7-14(4,8-10-17)15-11(18)16(5)6/h7-10H2,1-6H3,(H,15,18). The molecule has 0 atom stereocenters. The van der Waals surface area contributed by atoms with Crippen molar-refractivity contribution < 1.29 is 14.3 Å². The number of hydrogen-bond donors (Lipinski definition) is 1. The first-order valence-electron chi connectivity index (χ1n) is 7.00. The Morgan fingerprint density at radius 1 is 1.20 bits per heavy atom. The molecule has 0 saturated carbocycles. The molecule has 1 aliphatic heterocycles. The number of urea groups is 1. The zero-order chi connectivity index (χ0) is 15.6. The maximum atomic E-state index is 12.0. The molecule has 0 aromatic carbocycles. The molecule has 3 amide bonds. The van der Waals surface area contributed by atoms with Gasteiger partial charge in [-0.15, -0.1) is 0 Å². The van der Waals surface area contributed by atoms with Gasteiger partial charge < -0.3 is 19.9 Å². The first-order valence-corrected chi connectivity index (χ1v) is 7.00. The number of rotatable bonds is 1. The maximum Gasteiger partial charge on any atom is 0.410 e. The normalized spacial score (nSPS) is 18.4. The third-order valence-corrected chi connectivity index (χ3v) is 3.33. The number of nitrogens with zero attached hydrogens (tertiary/aromatic N) is 2. The number of carbonyl (C=O) groups is 2. The molecule has 1 heterocycles. The molecule has 6 nitrogen and oxygen atoms in total. The van der Waals surface area contributed by atoms with Gasteiger partial charge in [-0.3, -0.25) is 0 Å². The van der Waals surface area contributed by atoms with E-state index in [2.05, 4.69) is 5.32 Å². The van der Waals surface area contributed by atoms with Crippen LogP contribution in [0.1, 0.15) is 40.5 Å². The smallest absolute Gasteiger partial charge is 0.410 e. The lowest BCUT2D eigenvalue weighted by Gasteiger charge is -2.40. The number of nitrogens with one attached hydrogen (secondary N) is 1. The van der Waals surface area contributed by atoms with Crippen LogP contribution in [0.25, 0.3) is 0 Å². The highest BCUT2D eigenvalue weighted by molar-refractivity contribution is 5.74. The van der Waals surface area contributed by atoms with Gasteiger partial charge in [0.2, 0.25) is 0 Å². The second kappa shape index (κ2) is 5.89. The first-order chi connectivity index (χ1) is 9.02. The van der Waals surface area contributed by atoms with Gasteiger partial charge in [0.15, 0.2) is 0 Å². The van der Waals surface area contributed by atoms with Crippen LogP contribution in [0.4, 0.5) is 9.59 Å². The van der Waals surface area contributed by atoms with E-state index in [1.807, 2.05) is 27.7 Å². The average Bonchev–Trinajstić information content (AvgIpc) is 2.26. The Morgan fingerprint density at radius 3 is 2.10 bits per heavy atom. The van der Waals surface area contributed by atoms with Gasteiger partial charge in [-0.25, -0.2) is 9.59 Å². The lowest BCUT2D eigenvalue weighted by atomic mass is 9.90. The monoisotopic (exact) mass is 285 g/mol. The fourth-order valence-corrected chi connectivity index (χ4v) is 2.00. The summed E-state index contributed by atoms with van der Waals surface area (Å²) in [7, 11) is 3.43. The molecule has 0 bridgehead atoms. The van der Waals surface area contributed by atoms with Crippen LogP contribution in [0.5, 0.6) is 0 Å². The summed E-state index contributed by atoms with van der Waals surface area (Å²) in [4.78, 5) is 26.9. The van der Waals surface area contributed by atoms with Gasteiger partial charge in [0, 0.05) is 32.7 Å². The molecule has 1 saturated heterocycles.